The van der Waals surface area contributed by atoms with Gasteiger partial charge in [0.1, 0.15) is 0 Å². The lowest BCUT2D eigenvalue weighted by Gasteiger charge is -2.36. The number of fused-ring (bicyclic) bond motifs is 3. The summed E-state index contributed by atoms with van der Waals surface area (Å²) in [5, 5.41) is 2.15. The van der Waals surface area contributed by atoms with Crippen molar-refractivity contribution in [2.45, 2.75) is 5.92 Å². The van der Waals surface area contributed by atoms with Crippen LogP contribution < -0.4 is 0 Å². The van der Waals surface area contributed by atoms with E-state index in [4.69, 9.17) is 9.97 Å². The van der Waals surface area contributed by atoms with Crippen molar-refractivity contribution < 1.29 is 0 Å². The first-order valence-electron chi connectivity index (χ1n) is 14.4. The Bertz CT molecular complexity index is 2180. The first-order chi connectivity index (χ1) is 20.8. The lowest BCUT2D eigenvalue weighted by molar-refractivity contribution is 0.667. The van der Waals surface area contributed by atoms with Gasteiger partial charge in [-0.25, -0.2) is 9.97 Å². The second-order valence-corrected chi connectivity index (χ2v) is 11.2. The first kappa shape index (κ1) is 23.3. The third-order valence-corrected chi connectivity index (χ3v) is 8.88. The van der Waals surface area contributed by atoms with Gasteiger partial charge < -0.3 is 0 Å². The van der Waals surface area contributed by atoms with Gasteiger partial charge in [0.2, 0.25) is 0 Å². The van der Waals surface area contributed by atoms with Crippen molar-refractivity contribution in [1.82, 2.24) is 15.0 Å². The summed E-state index contributed by atoms with van der Waals surface area (Å²) < 4.78 is 0. The predicted molar refractivity (Wildman–Crippen MR) is 173 cm³/mol. The highest BCUT2D eigenvalue weighted by molar-refractivity contribution is 6.04. The van der Waals surface area contributed by atoms with E-state index in [1.54, 1.807) is 6.20 Å². The molecule has 0 amide bonds. The van der Waals surface area contributed by atoms with Crippen molar-refractivity contribution in [3.63, 3.8) is 0 Å². The fraction of sp³-hybridized carbons (Fsp3) is 0.0513. The minimum absolute atomic E-state index is 0.379. The van der Waals surface area contributed by atoms with Crippen molar-refractivity contribution in [1.29, 1.82) is 0 Å². The molecule has 3 heteroatoms. The van der Waals surface area contributed by atoms with Crippen molar-refractivity contribution >= 4 is 39.5 Å². The topological polar surface area (TPSA) is 38.7 Å². The van der Waals surface area contributed by atoms with E-state index in [2.05, 4.69) is 114 Å². The van der Waals surface area contributed by atoms with Gasteiger partial charge in [-0.1, -0.05) is 109 Å². The van der Waals surface area contributed by atoms with Crippen LogP contribution in [0.2, 0.25) is 0 Å². The van der Waals surface area contributed by atoms with Gasteiger partial charge in [-0.3, -0.25) is 4.98 Å². The van der Waals surface area contributed by atoms with Crippen LogP contribution in [0, 0.1) is 5.92 Å². The van der Waals surface area contributed by atoms with Crippen LogP contribution in [0.25, 0.3) is 62.2 Å². The van der Waals surface area contributed by atoms with Crippen LogP contribution in [0.3, 0.4) is 0 Å². The van der Waals surface area contributed by atoms with E-state index in [0.29, 0.717) is 11.8 Å². The van der Waals surface area contributed by atoms with Gasteiger partial charge in [0.15, 0.2) is 0 Å². The Morgan fingerprint density at radius 2 is 1.19 bits per heavy atom. The molecular weight excluding hydrogens is 510 g/mol. The molecular formula is C39H25N3. The molecule has 9 rings (SSSR count). The lowest BCUT2D eigenvalue weighted by atomic mass is 9.67. The molecule has 0 N–H and O–H groups in total. The highest BCUT2D eigenvalue weighted by Gasteiger charge is 2.34. The van der Waals surface area contributed by atoms with Gasteiger partial charge in [-0.15, -0.1) is 0 Å². The second-order valence-electron chi connectivity index (χ2n) is 11.2. The zero-order valence-electron chi connectivity index (χ0n) is 22.8. The zero-order chi connectivity index (χ0) is 27.6. The number of rotatable bonds is 3. The van der Waals surface area contributed by atoms with E-state index in [9.17, 15) is 0 Å². The van der Waals surface area contributed by atoms with E-state index in [1.165, 1.54) is 33.4 Å². The highest BCUT2D eigenvalue weighted by atomic mass is 14.8. The maximum absolute atomic E-state index is 5.14. The Morgan fingerprint density at radius 3 is 1.98 bits per heavy atom. The number of pyridine rings is 3. The van der Waals surface area contributed by atoms with Gasteiger partial charge in [0, 0.05) is 34.4 Å². The zero-order valence-corrected chi connectivity index (χ0v) is 22.8. The lowest BCUT2D eigenvalue weighted by Crippen LogP contribution is -2.21. The SMILES string of the molecule is C1=CC2C=Cc3cccc4c3C2C(=C1c1ccc(-c2ccc3ccc5ccc(-c6ccccn6)nc5c3n2)cc1)C=C4. The quantitative estimate of drug-likeness (QED) is 0.212. The average molecular weight is 536 g/mol. The van der Waals surface area contributed by atoms with Gasteiger partial charge in [0.25, 0.3) is 0 Å². The van der Waals surface area contributed by atoms with Gasteiger partial charge in [-0.2, -0.15) is 0 Å². The molecule has 0 aliphatic heterocycles. The molecule has 3 heterocycles. The summed E-state index contributed by atoms with van der Waals surface area (Å²) >= 11 is 0. The number of allylic oxidation sites excluding steroid dienone is 6. The Balaban J connectivity index is 1.11. The molecule has 3 nitrogen and oxygen atoms in total. The largest absolute Gasteiger partial charge is 0.255 e. The number of nitrogens with zero attached hydrogens (tertiary/aromatic N) is 3. The summed E-state index contributed by atoms with van der Waals surface area (Å²) in [4.78, 5) is 14.6. The number of benzene rings is 3. The molecule has 42 heavy (non-hydrogen) atoms. The van der Waals surface area contributed by atoms with E-state index in [0.717, 1.165) is 44.5 Å². The minimum Gasteiger partial charge on any atom is -0.255 e. The Morgan fingerprint density at radius 1 is 0.500 bits per heavy atom. The summed E-state index contributed by atoms with van der Waals surface area (Å²) in [5.41, 5.74) is 13.6. The molecule has 3 aliphatic carbocycles. The second kappa shape index (κ2) is 9.05. The molecule has 196 valence electrons. The van der Waals surface area contributed by atoms with Gasteiger partial charge >= 0.3 is 0 Å². The Kier molecular flexibility index (Phi) is 5.02. The fourth-order valence-electron chi connectivity index (χ4n) is 6.82. The number of hydrogen-bond donors (Lipinski definition) is 0. The van der Waals surface area contributed by atoms with Crippen molar-refractivity contribution in [2.75, 3.05) is 0 Å². The van der Waals surface area contributed by atoms with Crippen molar-refractivity contribution in [2.24, 2.45) is 5.92 Å². The summed E-state index contributed by atoms with van der Waals surface area (Å²) in [6, 6.07) is 34.0. The summed E-state index contributed by atoms with van der Waals surface area (Å²) in [7, 11) is 0. The summed E-state index contributed by atoms with van der Waals surface area (Å²) in [5.74, 6) is 0.787. The summed E-state index contributed by atoms with van der Waals surface area (Å²) in [6.07, 6.45) is 15.7. The molecule has 0 bridgehead atoms. The fourth-order valence-corrected chi connectivity index (χ4v) is 6.82. The average Bonchev–Trinajstić information content (AvgIpc) is 3.07. The van der Waals surface area contributed by atoms with Crippen LogP contribution in [0.5, 0.6) is 0 Å². The van der Waals surface area contributed by atoms with Crippen molar-refractivity contribution in [3.8, 4) is 22.6 Å². The van der Waals surface area contributed by atoms with E-state index in [-0.39, 0.29) is 0 Å². The van der Waals surface area contributed by atoms with Crippen LogP contribution in [0.1, 0.15) is 28.2 Å². The monoisotopic (exact) mass is 535 g/mol. The van der Waals surface area contributed by atoms with Gasteiger partial charge in [0.05, 0.1) is 28.1 Å². The minimum atomic E-state index is 0.379. The number of hydrogen-bond acceptors (Lipinski definition) is 3. The molecule has 0 saturated carbocycles. The molecule has 0 fully saturated rings. The number of aromatic nitrogens is 3. The summed E-state index contributed by atoms with van der Waals surface area (Å²) in [6.45, 7) is 0. The van der Waals surface area contributed by atoms with Gasteiger partial charge in [-0.05, 0) is 57.7 Å². The van der Waals surface area contributed by atoms with Crippen LogP contribution in [0.4, 0.5) is 0 Å². The first-order valence-corrected chi connectivity index (χ1v) is 14.4. The third-order valence-electron chi connectivity index (χ3n) is 8.88. The van der Waals surface area contributed by atoms with Crippen molar-refractivity contribution in [3.05, 3.63) is 155 Å². The Labute approximate surface area is 243 Å². The smallest absolute Gasteiger partial charge is 0.0973 e. The normalized spacial score (nSPS) is 18.1. The van der Waals surface area contributed by atoms with Crippen LogP contribution in [-0.4, -0.2) is 15.0 Å². The molecule has 3 aromatic heterocycles. The van der Waals surface area contributed by atoms with Crippen LogP contribution in [-0.2, 0) is 0 Å². The molecule has 2 atom stereocenters. The van der Waals surface area contributed by atoms with Crippen LogP contribution >= 0.6 is 0 Å². The molecule has 3 aromatic carbocycles. The third kappa shape index (κ3) is 3.57. The molecule has 2 unspecified atom stereocenters. The molecule has 6 aromatic rings. The van der Waals surface area contributed by atoms with Crippen LogP contribution in [0.15, 0.2) is 133 Å². The maximum atomic E-state index is 5.14. The molecule has 0 radical (unpaired) electrons. The molecule has 0 spiro atoms. The van der Waals surface area contributed by atoms with E-state index < -0.39 is 0 Å². The predicted octanol–water partition coefficient (Wildman–Crippen LogP) is 9.29. The Hall–Kier alpha value is -5.41. The standard InChI is InChI=1S/C39H25N3/c1-2-23-40-34(6-1)35-22-18-30-14-13-29-17-21-33(41-38(29)39(30)42-35)25-9-7-24(8-10-25)31-19-15-28-12-11-26-4-3-5-27-16-20-32(31)37(28)36(26)27/h1-23,28,37H. The molecule has 3 aliphatic rings. The van der Waals surface area contributed by atoms with E-state index >= 15 is 0 Å². The maximum Gasteiger partial charge on any atom is 0.0973 e. The van der Waals surface area contributed by atoms with E-state index in [1.807, 2.05) is 24.3 Å². The highest BCUT2D eigenvalue weighted by Crippen LogP contribution is 2.50. The molecule has 0 saturated heterocycles.